The number of nitrogens with zero attached hydrogens (tertiary/aromatic N) is 3. The summed E-state index contributed by atoms with van der Waals surface area (Å²) >= 11 is 5.94. The van der Waals surface area contributed by atoms with E-state index in [1.165, 1.54) is 0 Å². The Morgan fingerprint density at radius 3 is 2.44 bits per heavy atom. The van der Waals surface area contributed by atoms with Crippen LogP contribution >= 0.6 is 11.6 Å². The molecule has 0 radical (unpaired) electrons. The molecule has 2 aliphatic rings. The Hall–Kier alpha value is -2.84. The third-order valence-electron chi connectivity index (χ3n) is 6.79. The van der Waals surface area contributed by atoms with Crippen molar-refractivity contribution in [3.05, 3.63) is 53.3 Å². The molecule has 2 fully saturated rings. The zero-order valence-corrected chi connectivity index (χ0v) is 20.4. The molecule has 2 saturated heterocycles. The summed E-state index contributed by atoms with van der Waals surface area (Å²) in [6, 6.07) is 10.3. The first-order chi connectivity index (χ1) is 16.4. The van der Waals surface area contributed by atoms with E-state index >= 15 is 0 Å². The van der Waals surface area contributed by atoms with Crippen LogP contribution in [0.2, 0.25) is 5.02 Å². The number of methoxy groups -OCH3 is 1. The van der Waals surface area contributed by atoms with E-state index in [1.807, 2.05) is 17.0 Å². The molecule has 9 heteroatoms. The normalized spacial score (nSPS) is 21.7. The highest BCUT2D eigenvalue weighted by Crippen LogP contribution is 2.30. The number of pyridine rings is 1. The molecular formula is C25H32ClN5O3. The Morgan fingerprint density at radius 1 is 1.06 bits per heavy atom. The largest absolute Gasteiger partial charge is 0.495 e. The topological polar surface area (TPSA) is 86.8 Å². The number of anilines is 1. The molecule has 3 heterocycles. The predicted molar refractivity (Wildman–Crippen MR) is 132 cm³/mol. The summed E-state index contributed by atoms with van der Waals surface area (Å²) in [5.74, 6) is 0.837. The summed E-state index contributed by atoms with van der Waals surface area (Å²) in [6.45, 7) is 3.03. The third-order valence-corrected chi connectivity index (χ3v) is 7.04. The van der Waals surface area contributed by atoms with Crippen molar-refractivity contribution in [1.82, 2.24) is 20.1 Å². The van der Waals surface area contributed by atoms with Crippen LogP contribution in [0.4, 0.5) is 10.5 Å². The number of aromatic nitrogens is 1. The molecule has 182 valence electrons. The van der Waals surface area contributed by atoms with Crippen molar-refractivity contribution in [2.45, 2.75) is 31.2 Å². The minimum Gasteiger partial charge on any atom is -0.495 e. The molecule has 34 heavy (non-hydrogen) atoms. The number of urea groups is 1. The Morgan fingerprint density at radius 2 is 1.79 bits per heavy atom. The summed E-state index contributed by atoms with van der Waals surface area (Å²) in [5.41, 5.74) is 1.49. The molecule has 2 aliphatic heterocycles. The number of piperidine rings is 2. The lowest BCUT2D eigenvalue weighted by atomic mass is 9.87. The molecule has 3 amide bonds. The van der Waals surface area contributed by atoms with E-state index in [0.717, 1.165) is 31.6 Å². The second kappa shape index (κ2) is 11.1. The van der Waals surface area contributed by atoms with Crippen molar-refractivity contribution < 1.29 is 14.3 Å². The van der Waals surface area contributed by atoms with Crippen LogP contribution in [0.3, 0.4) is 0 Å². The van der Waals surface area contributed by atoms with Crippen LogP contribution < -0.4 is 15.4 Å². The van der Waals surface area contributed by atoms with Crippen LogP contribution in [-0.2, 0) is 4.79 Å². The Labute approximate surface area is 205 Å². The molecule has 0 spiro atoms. The lowest BCUT2D eigenvalue weighted by molar-refractivity contribution is -0.138. The number of ether oxygens (including phenoxy) is 1. The van der Waals surface area contributed by atoms with Gasteiger partial charge in [-0.15, -0.1) is 0 Å². The average molecular weight is 486 g/mol. The molecule has 4 rings (SSSR count). The summed E-state index contributed by atoms with van der Waals surface area (Å²) in [7, 11) is 3.70. The van der Waals surface area contributed by atoms with Gasteiger partial charge in [-0.2, -0.15) is 0 Å². The maximum Gasteiger partial charge on any atom is 0.319 e. The standard InChI is InChI=1S/C25H32ClN5O3/c1-30-12-9-17(10-13-30)24(32)31-14-11-23(21(16-31)22-8-7-20(34-2)15-27-22)29-25(33)28-19-5-3-18(26)4-6-19/h3-8,15,17,21,23H,9-14,16H2,1-2H3,(H2,28,29,33)/t21-,23+/m0/s1. The number of benzene rings is 1. The molecule has 8 nitrogen and oxygen atoms in total. The van der Waals surface area contributed by atoms with Gasteiger partial charge < -0.3 is 25.2 Å². The Kier molecular flexibility index (Phi) is 7.90. The number of carbonyl (C=O) groups is 2. The average Bonchev–Trinajstić information content (AvgIpc) is 2.86. The molecule has 0 saturated carbocycles. The van der Waals surface area contributed by atoms with Crippen LogP contribution in [0.5, 0.6) is 5.75 Å². The van der Waals surface area contributed by atoms with Crippen LogP contribution in [-0.4, -0.2) is 73.1 Å². The molecule has 2 N–H and O–H groups in total. The van der Waals surface area contributed by atoms with Crippen molar-refractivity contribution >= 4 is 29.2 Å². The van der Waals surface area contributed by atoms with Crippen molar-refractivity contribution in [3.63, 3.8) is 0 Å². The lowest BCUT2D eigenvalue weighted by Gasteiger charge is -2.41. The van der Waals surface area contributed by atoms with Gasteiger partial charge in [-0.1, -0.05) is 11.6 Å². The summed E-state index contributed by atoms with van der Waals surface area (Å²) in [5, 5.41) is 6.58. The van der Waals surface area contributed by atoms with E-state index in [2.05, 4.69) is 27.6 Å². The smallest absolute Gasteiger partial charge is 0.319 e. The molecule has 1 aromatic carbocycles. The number of hydrogen-bond donors (Lipinski definition) is 2. The molecular weight excluding hydrogens is 454 g/mol. The van der Waals surface area contributed by atoms with Gasteiger partial charge in [-0.05, 0) is 75.8 Å². The van der Waals surface area contributed by atoms with Gasteiger partial charge in [0.1, 0.15) is 5.75 Å². The van der Waals surface area contributed by atoms with Gasteiger partial charge >= 0.3 is 6.03 Å². The van der Waals surface area contributed by atoms with E-state index in [0.29, 0.717) is 36.0 Å². The number of amides is 3. The van der Waals surface area contributed by atoms with Gasteiger partial charge in [0.2, 0.25) is 5.91 Å². The van der Waals surface area contributed by atoms with Gasteiger partial charge in [-0.3, -0.25) is 9.78 Å². The molecule has 2 atom stereocenters. The van der Waals surface area contributed by atoms with Crippen LogP contribution in [0, 0.1) is 5.92 Å². The summed E-state index contributed by atoms with van der Waals surface area (Å²) < 4.78 is 5.25. The first-order valence-electron chi connectivity index (χ1n) is 11.7. The minimum atomic E-state index is -0.291. The summed E-state index contributed by atoms with van der Waals surface area (Å²) in [4.78, 5) is 34.9. The number of nitrogens with one attached hydrogen (secondary N) is 2. The van der Waals surface area contributed by atoms with Crippen molar-refractivity contribution in [3.8, 4) is 5.75 Å². The zero-order valence-electron chi connectivity index (χ0n) is 19.7. The maximum atomic E-state index is 13.3. The maximum absolute atomic E-state index is 13.3. The molecule has 1 aromatic heterocycles. The van der Waals surface area contributed by atoms with E-state index < -0.39 is 0 Å². The van der Waals surface area contributed by atoms with Gasteiger partial charge in [0.25, 0.3) is 0 Å². The highest BCUT2D eigenvalue weighted by molar-refractivity contribution is 6.30. The quantitative estimate of drug-likeness (QED) is 0.675. The van der Waals surface area contributed by atoms with E-state index in [9.17, 15) is 9.59 Å². The molecule has 0 bridgehead atoms. The number of halogens is 1. The second-order valence-corrected chi connectivity index (χ2v) is 9.53. The highest BCUT2D eigenvalue weighted by Gasteiger charge is 2.37. The van der Waals surface area contributed by atoms with Crippen molar-refractivity contribution in [2.75, 3.05) is 45.7 Å². The lowest BCUT2D eigenvalue weighted by Crippen LogP contribution is -2.53. The first kappa shape index (κ1) is 24.3. The van der Waals surface area contributed by atoms with Crippen molar-refractivity contribution in [2.24, 2.45) is 5.92 Å². The second-order valence-electron chi connectivity index (χ2n) is 9.09. The van der Waals surface area contributed by atoms with E-state index in [4.69, 9.17) is 16.3 Å². The first-order valence-corrected chi connectivity index (χ1v) is 12.1. The van der Waals surface area contributed by atoms with Crippen molar-refractivity contribution in [1.29, 1.82) is 0 Å². The number of likely N-dealkylation sites (tertiary alicyclic amines) is 2. The Bertz CT molecular complexity index is 977. The van der Waals surface area contributed by atoms with Crippen LogP contribution in [0.1, 0.15) is 30.9 Å². The van der Waals surface area contributed by atoms with E-state index in [-0.39, 0.29) is 29.8 Å². The molecule has 0 aliphatic carbocycles. The SMILES string of the molecule is COc1ccc([C@@H]2CN(C(=O)C3CCN(C)CC3)CC[C@H]2NC(=O)Nc2ccc(Cl)cc2)nc1. The third kappa shape index (κ3) is 5.98. The van der Waals surface area contributed by atoms with Crippen LogP contribution in [0.25, 0.3) is 0 Å². The zero-order chi connectivity index (χ0) is 24.1. The number of carbonyl (C=O) groups excluding carboxylic acids is 2. The van der Waals surface area contributed by atoms with E-state index in [1.54, 1.807) is 37.6 Å². The van der Waals surface area contributed by atoms with Gasteiger partial charge in [0, 0.05) is 47.4 Å². The fourth-order valence-corrected chi connectivity index (χ4v) is 4.86. The minimum absolute atomic E-state index is 0.0680. The number of hydrogen-bond acceptors (Lipinski definition) is 5. The predicted octanol–water partition coefficient (Wildman–Crippen LogP) is 3.59. The highest BCUT2D eigenvalue weighted by atomic mass is 35.5. The molecule has 0 unspecified atom stereocenters. The monoisotopic (exact) mass is 485 g/mol. The summed E-state index contributed by atoms with van der Waals surface area (Å²) in [6.07, 6.45) is 4.12. The van der Waals surface area contributed by atoms with Gasteiger partial charge in [0.05, 0.1) is 13.3 Å². The number of rotatable bonds is 5. The van der Waals surface area contributed by atoms with Gasteiger partial charge in [-0.25, -0.2) is 4.79 Å². The fourth-order valence-electron chi connectivity index (χ4n) is 4.74. The fraction of sp³-hybridized carbons (Fsp3) is 0.480. The van der Waals surface area contributed by atoms with Crippen LogP contribution in [0.15, 0.2) is 42.6 Å². The van der Waals surface area contributed by atoms with Gasteiger partial charge in [0.15, 0.2) is 0 Å². The Balaban J connectivity index is 1.47. The molecule has 2 aromatic rings.